The first-order valence-corrected chi connectivity index (χ1v) is 10.9. The minimum absolute atomic E-state index is 0.0398. The van der Waals surface area contributed by atoms with Gasteiger partial charge in [-0.25, -0.2) is 5.43 Å². The number of halogens is 1. The summed E-state index contributed by atoms with van der Waals surface area (Å²) < 4.78 is 5.78. The molecule has 0 saturated heterocycles. The number of fused-ring (bicyclic) bond motifs is 1. The summed E-state index contributed by atoms with van der Waals surface area (Å²) in [5, 5.41) is 14.5. The Balaban J connectivity index is 1.49. The van der Waals surface area contributed by atoms with Crippen LogP contribution in [0.2, 0.25) is 5.02 Å². The predicted octanol–water partition coefficient (Wildman–Crippen LogP) is 3.49. The molecule has 0 unspecified atom stereocenters. The van der Waals surface area contributed by atoms with Gasteiger partial charge in [-0.3, -0.25) is 25.2 Å². The number of benzene rings is 2. The van der Waals surface area contributed by atoms with Crippen LogP contribution in [0.25, 0.3) is 0 Å². The quantitative estimate of drug-likeness (QED) is 0.424. The summed E-state index contributed by atoms with van der Waals surface area (Å²) >= 11 is 5.90. The minimum Gasteiger partial charge on any atom is -0.507 e. The maximum Gasteiger partial charge on any atom is 0.305 e. The smallest absolute Gasteiger partial charge is 0.305 e. The number of nitrogens with zero attached hydrogens (tertiary/aromatic N) is 1. The van der Waals surface area contributed by atoms with Gasteiger partial charge in [-0.05, 0) is 50.1 Å². The van der Waals surface area contributed by atoms with Crippen LogP contribution in [-0.2, 0) is 6.42 Å². The van der Waals surface area contributed by atoms with Crippen molar-refractivity contribution in [1.82, 2.24) is 16.3 Å². The Bertz CT molecular complexity index is 1310. The van der Waals surface area contributed by atoms with Gasteiger partial charge in [0.2, 0.25) is 0 Å². The molecule has 0 spiro atoms. The Morgan fingerprint density at radius 2 is 1.76 bits per heavy atom. The van der Waals surface area contributed by atoms with Gasteiger partial charge in [0.15, 0.2) is 5.76 Å². The van der Waals surface area contributed by atoms with Gasteiger partial charge in [-0.1, -0.05) is 29.8 Å². The van der Waals surface area contributed by atoms with Gasteiger partial charge >= 0.3 is 5.91 Å². The molecular weight excluding hydrogens is 460 g/mol. The molecule has 1 aliphatic carbocycles. The number of phenolic OH excluding ortho intramolecular Hbond substituents is 1. The molecule has 1 heterocycles. The number of phenols is 1. The fraction of sp³-hybridized carbons (Fsp3) is 0.167. The molecule has 34 heavy (non-hydrogen) atoms. The van der Waals surface area contributed by atoms with Crippen LogP contribution in [0, 0.1) is 6.92 Å². The highest BCUT2D eigenvalue weighted by atomic mass is 35.5. The number of aromatic hydroxyl groups is 1. The number of amides is 3. The number of hydrogen-bond donors (Lipinski definition) is 4. The van der Waals surface area contributed by atoms with E-state index < -0.39 is 17.7 Å². The molecule has 0 radical (unpaired) electrons. The number of para-hydroxylation sites is 1. The Labute approximate surface area is 199 Å². The molecule has 3 aromatic rings. The number of aryl methyl sites for hydroxylation is 1. The number of nitrogens with one attached hydrogen (secondary N) is 3. The van der Waals surface area contributed by atoms with Crippen molar-refractivity contribution >= 4 is 35.0 Å². The molecule has 4 N–H and O–H groups in total. The predicted molar refractivity (Wildman–Crippen MR) is 125 cm³/mol. The van der Waals surface area contributed by atoms with Gasteiger partial charge in [0.1, 0.15) is 11.5 Å². The molecule has 0 fully saturated rings. The average Bonchev–Trinajstić information content (AvgIpc) is 3.18. The highest BCUT2D eigenvalue weighted by molar-refractivity contribution is 6.31. The molecule has 0 atom stereocenters. The molecule has 9 nitrogen and oxygen atoms in total. The van der Waals surface area contributed by atoms with Gasteiger partial charge in [0.05, 0.1) is 11.3 Å². The largest absolute Gasteiger partial charge is 0.507 e. The summed E-state index contributed by atoms with van der Waals surface area (Å²) in [6.45, 7) is 1.71. The number of hydrazine groups is 1. The van der Waals surface area contributed by atoms with E-state index in [1.165, 1.54) is 18.2 Å². The van der Waals surface area contributed by atoms with Crippen LogP contribution in [0.4, 0.5) is 0 Å². The van der Waals surface area contributed by atoms with E-state index in [0.29, 0.717) is 40.5 Å². The summed E-state index contributed by atoms with van der Waals surface area (Å²) in [6.07, 6.45) is 1.89. The van der Waals surface area contributed by atoms with Crippen molar-refractivity contribution in [3.8, 4) is 5.75 Å². The van der Waals surface area contributed by atoms with E-state index in [4.69, 9.17) is 16.0 Å². The summed E-state index contributed by atoms with van der Waals surface area (Å²) in [5.74, 6) is -1.24. The highest BCUT2D eigenvalue weighted by Gasteiger charge is 2.28. The number of rotatable bonds is 4. The second-order valence-electron chi connectivity index (χ2n) is 7.64. The molecule has 0 bridgehead atoms. The molecule has 3 amide bonds. The Kier molecular flexibility index (Phi) is 6.65. The van der Waals surface area contributed by atoms with Crippen molar-refractivity contribution in [1.29, 1.82) is 0 Å². The zero-order valence-corrected chi connectivity index (χ0v) is 18.9. The third-order valence-corrected chi connectivity index (χ3v) is 5.58. The van der Waals surface area contributed by atoms with Crippen molar-refractivity contribution in [2.75, 3.05) is 0 Å². The Hall–Kier alpha value is -4.11. The lowest BCUT2D eigenvalue weighted by Gasteiger charge is -2.13. The van der Waals surface area contributed by atoms with Crippen molar-refractivity contribution in [2.45, 2.75) is 26.2 Å². The average molecular weight is 481 g/mol. The third kappa shape index (κ3) is 4.79. The molecule has 1 aliphatic rings. The monoisotopic (exact) mass is 480 g/mol. The van der Waals surface area contributed by atoms with Crippen LogP contribution < -0.4 is 16.3 Å². The molecule has 0 aliphatic heterocycles. The van der Waals surface area contributed by atoms with Crippen molar-refractivity contribution < 1.29 is 23.9 Å². The van der Waals surface area contributed by atoms with Crippen molar-refractivity contribution in [2.24, 2.45) is 5.10 Å². The van der Waals surface area contributed by atoms with Crippen LogP contribution in [-0.4, -0.2) is 28.5 Å². The van der Waals surface area contributed by atoms with E-state index in [0.717, 1.165) is 6.42 Å². The first-order chi connectivity index (χ1) is 16.3. The maximum absolute atomic E-state index is 12.7. The molecule has 0 saturated carbocycles. The molecule has 4 rings (SSSR count). The summed E-state index contributed by atoms with van der Waals surface area (Å²) in [4.78, 5) is 37.4. The number of carbonyl (C=O) groups is 3. The lowest BCUT2D eigenvalue weighted by Crippen LogP contribution is -2.41. The lowest BCUT2D eigenvalue weighted by atomic mass is 9.93. The van der Waals surface area contributed by atoms with Crippen molar-refractivity contribution in [3.05, 3.63) is 87.3 Å². The van der Waals surface area contributed by atoms with Crippen LogP contribution in [0.3, 0.4) is 0 Å². The minimum atomic E-state index is -0.625. The Morgan fingerprint density at radius 3 is 2.53 bits per heavy atom. The summed E-state index contributed by atoms with van der Waals surface area (Å²) in [6, 6.07) is 12.5. The molecule has 10 heteroatoms. The zero-order chi connectivity index (χ0) is 24.2. The number of furan rings is 1. The van der Waals surface area contributed by atoms with Gasteiger partial charge in [0, 0.05) is 28.1 Å². The normalized spacial score (nSPS) is 13.8. The lowest BCUT2D eigenvalue weighted by molar-refractivity contribution is 0.0829. The van der Waals surface area contributed by atoms with Gasteiger partial charge < -0.3 is 9.52 Å². The van der Waals surface area contributed by atoms with E-state index in [9.17, 15) is 19.5 Å². The van der Waals surface area contributed by atoms with Gasteiger partial charge in [-0.2, -0.15) is 5.10 Å². The molecule has 2 aromatic carbocycles. The number of hydrazone groups is 1. The summed E-state index contributed by atoms with van der Waals surface area (Å²) in [7, 11) is 0. The van der Waals surface area contributed by atoms with Crippen LogP contribution >= 0.6 is 11.6 Å². The zero-order valence-electron chi connectivity index (χ0n) is 18.1. The third-order valence-electron chi connectivity index (χ3n) is 5.35. The molecule has 1 aromatic heterocycles. The van der Waals surface area contributed by atoms with Crippen LogP contribution in [0.1, 0.15) is 61.0 Å². The number of carbonyl (C=O) groups excluding carboxylic acids is 3. The van der Waals surface area contributed by atoms with E-state index in [-0.39, 0.29) is 22.6 Å². The second kappa shape index (κ2) is 9.80. The maximum atomic E-state index is 12.7. The van der Waals surface area contributed by atoms with E-state index in [1.54, 1.807) is 37.3 Å². The fourth-order valence-electron chi connectivity index (χ4n) is 3.71. The Morgan fingerprint density at radius 1 is 1.00 bits per heavy atom. The molecule has 174 valence electrons. The highest BCUT2D eigenvalue weighted by Crippen LogP contribution is 2.30. The van der Waals surface area contributed by atoms with Crippen LogP contribution in [0.15, 0.2) is 58.0 Å². The first-order valence-electron chi connectivity index (χ1n) is 10.5. The second-order valence-corrected chi connectivity index (χ2v) is 8.08. The van der Waals surface area contributed by atoms with Gasteiger partial charge in [-0.15, -0.1) is 0 Å². The fourth-order valence-corrected chi connectivity index (χ4v) is 3.90. The first kappa shape index (κ1) is 23.1. The van der Waals surface area contributed by atoms with E-state index >= 15 is 0 Å². The SMILES string of the molecule is Cc1c(C(=O)NNC(=O)c2cccc(Cl)c2)oc2c1/C(=N/NC(=O)c1ccccc1O)CCC2. The molecular formula is C24H21ClN4O5. The van der Waals surface area contributed by atoms with E-state index in [2.05, 4.69) is 21.4 Å². The standard InChI is InChI=1S/C24H21ClN4O5/c1-13-20-17(26-28-23(32)16-8-2-3-10-18(16)30)9-5-11-19(20)34-21(13)24(33)29-27-22(31)14-6-4-7-15(25)12-14/h2-4,6-8,10,12,30H,5,9,11H2,1H3,(H,27,31)(H,28,32)(H,29,33)/b26-17+. The van der Waals surface area contributed by atoms with Crippen molar-refractivity contribution in [3.63, 3.8) is 0 Å². The summed E-state index contributed by atoms with van der Waals surface area (Å²) in [5.41, 5.74) is 9.29. The van der Waals surface area contributed by atoms with Gasteiger partial charge in [0.25, 0.3) is 11.8 Å². The topological polar surface area (TPSA) is 133 Å². The number of hydrogen-bond acceptors (Lipinski definition) is 6. The van der Waals surface area contributed by atoms with E-state index in [1.807, 2.05) is 0 Å². The van der Waals surface area contributed by atoms with Crippen LogP contribution in [0.5, 0.6) is 5.75 Å².